The molecule has 5 aromatic rings. The van der Waals surface area contributed by atoms with Crippen molar-refractivity contribution in [2.24, 2.45) is 0 Å². The number of amides is 1. The predicted octanol–water partition coefficient (Wildman–Crippen LogP) is 5.03. The third kappa shape index (κ3) is 3.19. The second-order valence-electron chi connectivity index (χ2n) is 7.27. The van der Waals surface area contributed by atoms with Crippen LogP contribution in [0.2, 0.25) is 0 Å². The van der Waals surface area contributed by atoms with Crippen LogP contribution in [0.5, 0.6) is 11.5 Å². The number of nitrogens with one attached hydrogen (secondary N) is 1. The fraction of sp³-hybridized carbons (Fsp3) is 0.0870. The summed E-state index contributed by atoms with van der Waals surface area (Å²) in [5.41, 5.74) is 2.74. The number of hydrogen-bond acceptors (Lipinski definition) is 7. The topological polar surface area (TPSA) is 91.4 Å². The monoisotopic (exact) mass is 444 g/mol. The number of aromatic nitrogens is 3. The van der Waals surface area contributed by atoms with Gasteiger partial charge in [-0.25, -0.2) is 4.98 Å². The molecule has 1 aliphatic heterocycles. The lowest BCUT2D eigenvalue weighted by Gasteiger charge is -2.07. The first-order valence-electron chi connectivity index (χ1n) is 9.86. The molecule has 8 nitrogen and oxygen atoms in total. The van der Waals surface area contributed by atoms with E-state index in [2.05, 4.69) is 15.4 Å². The molecule has 0 aliphatic carbocycles. The summed E-state index contributed by atoms with van der Waals surface area (Å²) in [4.78, 5) is 17.5. The Labute approximate surface area is 186 Å². The molecule has 0 saturated carbocycles. The van der Waals surface area contributed by atoms with Gasteiger partial charge in [-0.1, -0.05) is 18.2 Å². The normalized spacial score (nSPS) is 12.4. The van der Waals surface area contributed by atoms with Crippen molar-refractivity contribution in [3.8, 4) is 28.1 Å². The molecule has 0 bridgehead atoms. The predicted molar refractivity (Wildman–Crippen MR) is 120 cm³/mol. The first kappa shape index (κ1) is 18.6. The van der Waals surface area contributed by atoms with E-state index >= 15 is 0 Å². The van der Waals surface area contributed by atoms with Gasteiger partial charge in [0.15, 0.2) is 17.3 Å². The molecule has 6 rings (SSSR count). The van der Waals surface area contributed by atoms with Gasteiger partial charge in [0.1, 0.15) is 17.1 Å². The van der Waals surface area contributed by atoms with E-state index in [1.54, 1.807) is 28.9 Å². The Morgan fingerprint density at radius 2 is 1.97 bits per heavy atom. The van der Waals surface area contributed by atoms with Crippen LogP contribution in [0.3, 0.4) is 0 Å². The van der Waals surface area contributed by atoms with Gasteiger partial charge in [0, 0.05) is 22.4 Å². The van der Waals surface area contributed by atoms with Crippen molar-refractivity contribution >= 4 is 34.0 Å². The number of carbonyl (C=O) groups is 1. The maximum Gasteiger partial charge on any atom is 0.256 e. The van der Waals surface area contributed by atoms with Crippen LogP contribution in [0.15, 0.2) is 64.4 Å². The number of rotatable bonds is 4. The van der Waals surface area contributed by atoms with E-state index in [1.807, 2.05) is 42.6 Å². The average Bonchev–Trinajstić information content (AvgIpc) is 3.57. The number of fused-ring (bicyclic) bond motifs is 2. The van der Waals surface area contributed by atoms with Crippen LogP contribution in [-0.2, 0) is 0 Å². The highest BCUT2D eigenvalue weighted by molar-refractivity contribution is 7.12. The third-order valence-corrected chi connectivity index (χ3v) is 5.88. The number of thiazole rings is 1. The van der Waals surface area contributed by atoms with Gasteiger partial charge < -0.3 is 19.2 Å². The van der Waals surface area contributed by atoms with Crippen molar-refractivity contribution in [3.05, 3.63) is 71.2 Å². The molecule has 0 unspecified atom stereocenters. The molecule has 0 radical (unpaired) electrons. The second kappa shape index (κ2) is 7.24. The van der Waals surface area contributed by atoms with E-state index in [0.717, 1.165) is 16.7 Å². The number of anilines is 1. The van der Waals surface area contributed by atoms with Gasteiger partial charge in [0.05, 0.1) is 5.69 Å². The van der Waals surface area contributed by atoms with E-state index in [1.165, 1.54) is 11.3 Å². The standard InChI is InChI=1S/C23H16N4O4S/c1-13-8-21(25-22(28)15-6-7-18-20(10-15)30-12-29-18)27(26-13)23-24-16(11-32-23)19-9-14-4-2-3-5-17(14)31-19/h2-11H,12H2,1H3,(H,25,28). The number of benzene rings is 2. The van der Waals surface area contributed by atoms with Gasteiger partial charge in [-0.2, -0.15) is 9.78 Å². The van der Waals surface area contributed by atoms with Gasteiger partial charge in [0.25, 0.3) is 5.91 Å². The van der Waals surface area contributed by atoms with Crippen molar-refractivity contribution in [2.45, 2.75) is 6.92 Å². The van der Waals surface area contributed by atoms with E-state index in [0.29, 0.717) is 39.5 Å². The van der Waals surface area contributed by atoms with Gasteiger partial charge in [-0.3, -0.25) is 4.79 Å². The lowest BCUT2D eigenvalue weighted by Crippen LogP contribution is -2.15. The Balaban J connectivity index is 1.30. The molecule has 0 spiro atoms. The Bertz CT molecular complexity index is 1450. The van der Waals surface area contributed by atoms with Crippen LogP contribution >= 0.6 is 11.3 Å². The summed E-state index contributed by atoms with van der Waals surface area (Å²) < 4.78 is 18.2. The van der Waals surface area contributed by atoms with Crippen molar-refractivity contribution in [3.63, 3.8) is 0 Å². The van der Waals surface area contributed by atoms with Crippen molar-refractivity contribution in [1.82, 2.24) is 14.8 Å². The lowest BCUT2D eigenvalue weighted by atomic mass is 10.2. The maximum absolute atomic E-state index is 12.9. The minimum Gasteiger partial charge on any atom is -0.454 e. The SMILES string of the molecule is Cc1cc(NC(=O)c2ccc3c(c2)OCO3)n(-c2nc(-c3cc4ccccc4o3)cs2)n1. The number of furan rings is 1. The molecule has 158 valence electrons. The van der Waals surface area contributed by atoms with Gasteiger partial charge in [0.2, 0.25) is 11.9 Å². The molecule has 0 atom stereocenters. The number of carbonyl (C=O) groups excluding carboxylic acids is 1. The summed E-state index contributed by atoms with van der Waals surface area (Å²) in [6, 6.07) is 16.7. The summed E-state index contributed by atoms with van der Waals surface area (Å²) in [5, 5.41) is 11.0. The average molecular weight is 444 g/mol. The lowest BCUT2D eigenvalue weighted by molar-refractivity contribution is 0.102. The van der Waals surface area contributed by atoms with Crippen molar-refractivity contribution in [1.29, 1.82) is 0 Å². The van der Waals surface area contributed by atoms with Crippen LogP contribution in [-0.4, -0.2) is 27.5 Å². The van der Waals surface area contributed by atoms with Gasteiger partial charge in [-0.15, -0.1) is 11.3 Å². The van der Waals surface area contributed by atoms with E-state index in [-0.39, 0.29) is 12.7 Å². The molecule has 1 N–H and O–H groups in total. The number of aryl methyl sites for hydroxylation is 1. The van der Waals surface area contributed by atoms with Crippen LogP contribution in [0.25, 0.3) is 27.6 Å². The molecule has 9 heteroatoms. The molecule has 0 fully saturated rings. The van der Waals surface area contributed by atoms with Gasteiger partial charge >= 0.3 is 0 Å². The summed E-state index contributed by atoms with van der Waals surface area (Å²) in [5.74, 6) is 2.11. The largest absolute Gasteiger partial charge is 0.454 e. The van der Waals surface area contributed by atoms with Crippen LogP contribution in [0.1, 0.15) is 16.1 Å². The summed E-state index contributed by atoms with van der Waals surface area (Å²) in [6.07, 6.45) is 0. The fourth-order valence-corrected chi connectivity index (χ4v) is 4.32. The number of hydrogen-bond donors (Lipinski definition) is 1. The molecule has 32 heavy (non-hydrogen) atoms. The molecule has 1 aliphatic rings. The van der Waals surface area contributed by atoms with Crippen LogP contribution in [0, 0.1) is 6.92 Å². The maximum atomic E-state index is 12.9. The van der Waals surface area contributed by atoms with Crippen LogP contribution < -0.4 is 14.8 Å². The van der Waals surface area contributed by atoms with Crippen molar-refractivity contribution < 1.29 is 18.7 Å². The van der Waals surface area contributed by atoms with Crippen molar-refractivity contribution in [2.75, 3.05) is 12.1 Å². The fourth-order valence-electron chi connectivity index (χ4n) is 3.54. The molecule has 0 saturated heterocycles. The Hall–Kier alpha value is -4.11. The summed E-state index contributed by atoms with van der Waals surface area (Å²) in [7, 11) is 0. The summed E-state index contributed by atoms with van der Waals surface area (Å²) in [6.45, 7) is 2.02. The van der Waals surface area contributed by atoms with Gasteiger partial charge in [-0.05, 0) is 37.3 Å². The zero-order chi connectivity index (χ0) is 21.7. The molecule has 2 aromatic carbocycles. The second-order valence-corrected chi connectivity index (χ2v) is 8.11. The Kier molecular flexibility index (Phi) is 4.22. The zero-order valence-corrected chi connectivity index (χ0v) is 17.7. The molecule has 3 aromatic heterocycles. The van der Waals surface area contributed by atoms with E-state index < -0.39 is 0 Å². The third-order valence-electron chi connectivity index (χ3n) is 5.06. The highest BCUT2D eigenvalue weighted by Gasteiger charge is 2.19. The minimum absolute atomic E-state index is 0.157. The zero-order valence-electron chi connectivity index (χ0n) is 16.9. The summed E-state index contributed by atoms with van der Waals surface area (Å²) >= 11 is 1.42. The first-order chi connectivity index (χ1) is 15.6. The minimum atomic E-state index is -0.279. The molecular weight excluding hydrogens is 428 g/mol. The smallest absolute Gasteiger partial charge is 0.256 e. The Morgan fingerprint density at radius 1 is 1.09 bits per heavy atom. The number of para-hydroxylation sites is 1. The number of nitrogens with zero attached hydrogens (tertiary/aromatic N) is 3. The molecular formula is C23H16N4O4S. The highest BCUT2D eigenvalue weighted by atomic mass is 32.1. The highest BCUT2D eigenvalue weighted by Crippen LogP contribution is 2.33. The quantitative estimate of drug-likeness (QED) is 0.418. The van der Waals surface area contributed by atoms with E-state index in [4.69, 9.17) is 13.9 Å². The van der Waals surface area contributed by atoms with E-state index in [9.17, 15) is 4.79 Å². The Morgan fingerprint density at radius 3 is 2.88 bits per heavy atom. The molecule has 4 heterocycles. The number of ether oxygens (including phenoxy) is 2. The van der Waals surface area contributed by atoms with Crippen LogP contribution in [0.4, 0.5) is 5.82 Å². The first-order valence-corrected chi connectivity index (χ1v) is 10.7. The molecule has 1 amide bonds.